The molecule has 2 aromatic rings. The van der Waals surface area contributed by atoms with Crippen LogP contribution in [-0.4, -0.2) is 11.5 Å². The van der Waals surface area contributed by atoms with Crippen LogP contribution in [0.4, 0.5) is 0 Å². The maximum atomic E-state index is 5.53. The Morgan fingerprint density at radius 2 is 2.14 bits per heavy atom. The van der Waals surface area contributed by atoms with Gasteiger partial charge in [0, 0.05) is 21.6 Å². The van der Waals surface area contributed by atoms with Crippen LogP contribution in [-0.2, 0) is 6.42 Å². The summed E-state index contributed by atoms with van der Waals surface area (Å²) in [5.41, 5.74) is 7.98. The Labute approximate surface area is 97.4 Å². The molecular formula is C10H12BrClN2. The lowest BCUT2D eigenvalue weighted by atomic mass is 10.1. The van der Waals surface area contributed by atoms with E-state index in [4.69, 9.17) is 5.73 Å². The molecule has 0 fully saturated rings. The molecule has 2 rings (SSSR count). The summed E-state index contributed by atoms with van der Waals surface area (Å²) < 4.78 is 1.13. The van der Waals surface area contributed by atoms with E-state index in [1.807, 2.05) is 12.3 Å². The smallest absolute Gasteiger partial charge is 0.0468 e. The van der Waals surface area contributed by atoms with E-state index in [-0.39, 0.29) is 12.4 Å². The van der Waals surface area contributed by atoms with Gasteiger partial charge in [0.15, 0.2) is 0 Å². The number of nitrogens with one attached hydrogen (secondary N) is 1. The van der Waals surface area contributed by atoms with Crippen molar-refractivity contribution in [3.63, 3.8) is 0 Å². The van der Waals surface area contributed by atoms with E-state index in [1.54, 1.807) is 0 Å². The van der Waals surface area contributed by atoms with Crippen LogP contribution < -0.4 is 5.73 Å². The minimum absolute atomic E-state index is 0. The van der Waals surface area contributed by atoms with Crippen LogP contribution in [0.5, 0.6) is 0 Å². The fourth-order valence-electron chi connectivity index (χ4n) is 1.56. The van der Waals surface area contributed by atoms with Crippen LogP contribution in [0.15, 0.2) is 28.9 Å². The predicted octanol–water partition coefficient (Wildman–Crippen LogP) is 2.85. The summed E-state index contributed by atoms with van der Waals surface area (Å²) in [6.45, 7) is 0.689. The quantitative estimate of drug-likeness (QED) is 0.869. The van der Waals surface area contributed by atoms with Crippen molar-refractivity contribution in [1.29, 1.82) is 0 Å². The molecule has 0 saturated carbocycles. The van der Waals surface area contributed by atoms with Crippen LogP contribution in [0.25, 0.3) is 10.9 Å². The highest BCUT2D eigenvalue weighted by Crippen LogP contribution is 2.26. The molecule has 1 heterocycles. The normalized spacial score (nSPS) is 10.1. The maximum absolute atomic E-state index is 5.53. The van der Waals surface area contributed by atoms with Crippen LogP contribution in [0, 0.1) is 0 Å². The van der Waals surface area contributed by atoms with Crippen molar-refractivity contribution in [2.45, 2.75) is 6.42 Å². The molecule has 0 bridgehead atoms. The van der Waals surface area contributed by atoms with Gasteiger partial charge in [-0.3, -0.25) is 0 Å². The van der Waals surface area contributed by atoms with Crippen molar-refractivity contribution >= 4 is 39.2 Å². The minimum Gasteiger partial charge on any atom is -0.361 e. The zero-order valence-corrected chi connectivity index (χ0v) is 9.99. The predicted molar refractivity (Wildman–Crippen MR) is 66.0 cm³/mol. The number of halogens is 2. The molecule has 0 unspecified atom stereocenters. The van der Waals surface area contributed by atoms with Gasteiger partial charge in [0.25, 0.3) is 0 Å². The van der Waals surface area contributed by atoms with E-state index in [2.05, 4.69) is 33.0 Å². The molecule has 0 aliphatic carbocycles. The molecule has 0 spiro atoms. The lowest BCUT2D eigenvalue weighted by Crippen LogP contribution is -2.01. The highest BCUT2D eigenvalue weighted by molar-refractivity contribution is 9.10. The second kappa shape index (κ2) is 4.82. The molecular weight excluding hydrogens is 263 g/mol. The molecule has 0 saturated heterocycles. The molecule has 76 valence electrons. The van der Waals surface area contributed by atoms with E-state index in [0.29, 0.717) is 6.54 Å². The molecule has 0 aliphatic heterocycles. The number of aromatic nitrogens is 1. The Bertz CT molecular complexity index is 425. The van der Waals surface area contributed by atoms with Crippen molar-refractivity contribution in [3.05, 3.63) is 34.4 Å². The van der Waals surface area contributed by atoms with Gasteiger partial charge in [-0.05, 0) is 30.7 Å². The molecule has 3 N–H and O–H groups in total. The zero-order valence-electron chi connectivity index (χ0n) is 7.59. The SMILES string of the molecule is Cl.NCCc1c[nH]c2cccc(Br)c12. The number of fused-ring (bicyclic) bond motifs is 1. The first-order valence-corrected chi connectivity index (χ1v) is 5.07. The van der Waals surface area contributed by atoms with E-state index >= 15 is 0 Å². The van der Waals surface area contributed by atoms with Gasteiger partial charge in [0.1, 0.15) is 0 Å². The summed E-state index contributed by atoms with van der Waals surface area (Å²) in [5.74, 6) is 0. The Morgan fingerprint density at radius 1 is 1.36 bits per heavy atom. The van der Waals surface area contributed by atoms with Gasteiger partial charge in [0.2, 0.25) is 0 Å². The van der Waals surface area contributed by atoms with Gasteiger partial charge in [-0.1, -0.05) is 22.0 Å². The average Bonchev–Trinajstić information content (AvgIpc) is 2.51. The van der Waals surface area contributed by atoms with Gasteiger partial charge >= 0.3 is 0 Å². The van der Waals surface area contributed by atoms with E-state index in [0.717, 1.165) is 16.4 Å². The molecule has 0 radical (unpaired) electrons. The third-order valence-corrected chi connectivity index (χ3v) is 2.81. The van der Waals surface area contributed by atoms with Crippen molar-refractivity contribution in [1.82, 2.24) is 4.98 Å². The fraction of sp³-hybridized carbons (Fsp3) is 0.200. The first-order valence-electron chi connectivity index (χ1n) is 4.27. The molecule has 0 amide bonds. The Morgan fingerprint density at radius 3 is 2.86 bits per heavy atom. The van der Waals surface area contributed by atoms with Crippen LogP contribution in [0.1, 0.15) is 5.56 Å². The number of aromatic amines is 1. The Balaban J connectivity index is 0.000000980. The van der Waals surface area contributed by atoms with Gasteiger partial charge < -0.3 is 10.7 Å². The minimum atomic E-state index is 0. The van der Waals surface area contributed by atoms with Gasteiger partial charge in [-0.15, -0.1) is 12.4 Å². The number of rotatable bonds is 2. The fourth-order valence-corrected chi connectivity index (χ4v) is 2.18. The van der Waals surface area contributed by atoms with E-state index < -0.39 is 0 Å². The van der Waals surface area contributed by atoms with Crippen molar-refractivity contribution in [2.24, 2.45) is 5.73 Å². The van der Waals surface area contributed by atoms with Gasteiger partial charge in [0.05, 0.1) is 0 Å². The van der Waals surface area contributed by atoms with Crippen molar-refractivity contribution < 1.29 is 0 Å². The summed E-state index contributed by atoms with van der Waals surface area (Å²) in [7, 11) is 0. The molecule has 0 aliphatic rings. The Kier molecular flexibility index (Phi) is 3.98. The summed E-state index contributed by atoms with van der Waals surface area (Å²) in [4.78, 5) is 3.23. The number of hydrogen-bond donors (Lipinski definition) is 2. The highest BCUT2D eigenvalue weighted by atomic mass is 79.9. The van der Waals surface area contributed by atoms with Crippen LogP contribution >= 0.6 is 28.3 Å². The highest BCUT2D eigenvalue weighted by Gasteiger charge is 2.05. The van der Waals surface area contributed by atoms with Crippen molar-refractivity contribution in [2.75, 3.05) is 6.54 Å². The molecule has 1 aromatic heterocycles. The lowest BCUT2D eigenvalue weighted by molar-refractivity contribution is 0.976. The van der Waals surface area contributed by atoms with Gasteiger partial charge in [-0.2, -0.15) is 0 Å². The number of benzene rings is 1. The largest absolute Gasteiger partial charge is 0.361 e. The third-order valence-electron chi connectivity index (χ3n) is 2.15. The lowest BCUT2D eigenvalue weighted by Gasteiger charge is -1.98. The monoisotopic (exact) mass is 274 g/mol. The molecule has 4 heteroatoms. The topological polar surface area (TPSA) is 41.8 Å². The summed E-state index contributed by atoms with van der Waals surface area (Å²) in [6.07, 6.45) is 2.95. The zero-order chi connectivity index (χ0) is 9.26. The van der Waals surface area contributed by atoms with Gasteiger partial charge in [-0.25, -0.2) is 0 Å². The second-order valence-corrected chi connectivity index (χ2v) is 3.87. The number of hydrogen-bond acceptors (Lipinski definition) is 1. The van der Waals surface area contributed by atoms with E-state index in [1.165, 1.54) is 10.9 Å². The standard InChI is InChI=1S/C10H11BrN2.ClH/c11-8-2-1-3-9-10(8)7(4-5-12)6-13-9;/h1-3,6,13H,4-5,12H2;1H. The first kappa shape index (κ1) is 11.6. The van der Waals surface area contributed by atoms with Crippen molar-refractivity contribution in [3.8, 4) is 0 Å². The Hall–Kier alpha value is -0.510. The average molecular weight is 276 g/mol. The summed E-state index contributed by atoms with van der Waals surface area (Å²) in [5, 5.41) is 1.26. The molecule has 1 aromatic carbocycles. The first-order chi connectivity index (χ1) is 6.33. The van der Waals surface area contributed by atoms with E-state index in [9.17, 15) is 0 Å². The summed E-state index contributed by atoms with van der Waals surface area (Å²) in [6, 6.07) is 6.14. The summed E-state index contributed by atoms with van der Waals surface area (Å²) >= 11 is 3.54. The molecule has 0 atom stereocenters. The number of nitrogens with two attached hydrogens (primary N) is 1. The molecule has 2 nitrogen and oxygen atoms in total. The second-order valence-electron chi connectivity index (χ2n) is 3.01. The van der Waals surface area contributed by atoms with Crippen LogP contribution in [0.2, 0.25) is 0 Å². The molecule has 14 heavy (non-hydrogen) atoms. The maximum Gasteiger partial charge on any atom is 0.0468 e. The number of H-pyrrole nitrogens is 1. The third kappa shape index (κ3) is 1.95. The van der Waals surface area contributed by atoms with Crippen LogP contribution in [0.3, 0.4) is 0 Å².